The Kier molecular flexibility index (Phi) is 5.88. The van der Waals surface area contributed by atoms with Crippen molar-refractivity contribution in [2.45, 2.75) is 45.1 Å². The molecule has 140 valence electrons. The van der Waals surface area contributed by atoms with Crippen LogP contribution in [-0.4, -0.2) is 40.6 Å². The zero-order chi connectivity index (χ0) is 18.5. The summed E-state index contributed by atoms with van der Waals surface area (Å²) < 4.78 is 6.83. The lowest BCUT2D eigenvalue weighted by molar-refractivity contribution is 0.0909. The molecule has 1 aromatic carbocycles. The number of nitrogens with zero attached hydrogens (tertiary/aromatic N) is 3. The number of carbonyl (C=O) groups excluding carboxylic acids is 1. The monoisotopic (exact) mass is 357 g/mol. The molecule has 3 rings (SSSR count). The van der Waals surface area contributed by atoms with Gasteiger partial charge in [-0.1, -0.05) is 24.5 Å². The van der Waals surface area contributed by atoms with Crippen LogP contribution in [0, 0.1) is 12.8 Å². The maximum atomic E-state index is 12.7. The van der Waals surface area contributed by atoms with Crippen molar-refractivity contribution in [3.63, 3.8) is 0 Å². The number of carbonyl (C=O) groups is 1. The van der Waals surface area contributed by atoms with Crippen LogP contribution in [0.4, 0.5) is 0 Å². The first kappa shape index (κ1) is 18.4. The highest BCUT2D eigenvalue weighted by Gasteiger charge is 2.26. The minimum Gasteiger partial charge on any atom is -0.497 e. The third-order valence-electron chi connectivity index (χ3n) is 5.22. The van der Waals surface area contributed by atoms with Crippen molar-refractivity contribution < 1.29 is 9.53 Å². The van der Waals surface area contributed by atoms with Crippen molar-refractivity contribution in [1.29, 1.82) is 0 Å². The molecule has 0 bridgehead atoms. The maximum Gasteiger partial charge on any atom is 0.274 e. The van der Waals surface area contributed by atoms with Crippen LogP contribution in [0.2, 0.25) is 0 Å². The summed E-state index contributed by atoms with van der Waals surface area (Å²) in [6.07, 6.45) is 5.95. The zero-order valence-electron chi connectivity index (χ0n) is 15.4. The molecule has 7 heteroatoms. The van der Waals surface area contributed by atoms with Crippen LogP contribution >= 0.6 is 0 Å². The second kappa shape index (κ2) is 8.31. The van der Waals surface area contributed by atoms with Crippen molar-refractivity contribution >= 4 is 5.91 Å². The molecule has 1 heterocycles. The molecule has 1 atom stereocenters. The molecule has 0 spiro atoms. The lowest BCUT2D eigenvalue weighted by Crippen LogP contribution is -2.46. The molecule has 1 saturated carbocycles. The van der Waals surface area contributed by atoms with E-state index in [1.807, 2.05) is 31.2 Å². The van der Waals surface area contributed by atoms with Crippen LogP contribution in [-0.2, 0) is 0 Å². The van der Waals surface area contributed by atoms with Crippen LogP contribution in [0.15, 0.2) is 24.3 Å². The minimum atomic E-state index is -0.205. The van der Waals surface area contributed by atoms with Gasteiger partial charge < -0.3 is 15.8 Å². The molecule has 1 unspecified atom stereocenters. The van der Waals surface area contributed by atoms with E-state index in [2.05, 4.69) is 15.6 Å². The molecular formula is C19H27N5O2. The van der Waals surface area contributed by atoms with Gasteiger partial charge in [-0.05, 0) is 49.9 Å². The Labute approximate surface area is 153 Å². The highest BCUT2D eigenvalue weighted by Crippen LogP contribution is 2.26. The van der Waals surface area contributed by atoms with Gasteiger partial charge in [0.2, 0.25) is 0 Å². The molecular weight excluding hydrogens is 330 g/mol. The van der Waals surface area contributed by atoms with E-state index in [4.69, 9.17) is 10.5 Å². The highest BCUT2D eigenvalue weighted by molar-refractivity contribution is 5.93. The van der Waals surface area contributed by atoms with E-state index in [0.29, 0.717) is 23.9 Å². The van der Waals surface area contributed by atoms with E-state index >= 15 is 0 Å². The van der Waals surface area contributed by atoms with Crippen molar-refractivity contribution in [2.24, 2.45) is 11.7 Å². The average Bonchev–Trinajstić information content (AvgIpc) is 3.08. The van der Waals surface area contributed by atoms with Crippen LogP contribution < -0.4 is 15.8 Å². The first-order valence-corrected chi connectivity index (χ1v) is 9.21. The number of hydrogen-bond donors (Lipinski definition) is 2. The van der Waals surface area contributed by atoms with Crippen LogP contribution in [0.5, 0.6) is 5.75 Å². The summed E-state index contributed by atoms with van der Waals surface area (Å²) in [6, 6.07) is 7.46. The van der Waals surface area contributed by atoms with Crippen LogP contribution in [0.1, 0.15) is 48.3 Å². The number of aromatic nitrogens is 3. The molecule has 1 aromatic heterocycles. The first-order valence-electron chi connectivity index (χ1n) is 9.21. The van der Waals surface area contributed by atoms with Gasteiger partial charge in [0.25, 0.3) is 5.91 Å². The Bertz CT molecular complexity index is 735. The lowest BCUT2D eigenvalue weighted by atomic mass is 9.84. The summed E-state index contributed by atoms with van der Waals surface area (Å²) in [7, 11) is 1.62. The van der Waals surface area contributed by atoms with E-state index in [1.54, 1.807) is 11.8 Å². The number of benzene rings is 1. The fraction of sp³-hybridized carbons (Fsp3) is 0.526. The van der Waals surface area contributed by atoms with Gasteiger partial charge in [0, 0.05) is 12.6 Å². The molecule has 1 aliphatic carbocycles. The van der Waals surface area contributed by atoms with Gasteiger partial charge in [0.15, 0.2) is 5.69 Å². The third kappa shape index (κ3) is 3.88. The molecule has 0 aliphatic heterocycles. The Morgan fingerprint density at radius 1 is 1.31 bits per heavy atom. The quantitative estimate of drug-likeness (QED) is 0.826. The first-order chi connectivity index (χ1) is 12.6. The van der Waals surface area contributed by atoms with Crippen molar-refractivity contribution in [3.05, 3.63) is 35.7 Å². The van der Waals surface area contributed by atoms with E-state index in [9.17, 15) is 4.79 Å². The topological polar surface area (TPSA) is 95.1 Å². The second-order valence-electron chi connectivity index (χ2n) is 6.85. The fourth-order valence-electron chi connectivity index (χ4n) is 3.65. The maximum absolute atomic E-state index is 12.7. The van der Waals surface area contributed by atoms with Gasteiger partial charge in [-0.2, -0.15) is 0 Å². The Morgan fingerprint density at radius 3 is 2.62 bits per heavy atom. The molecule has 1 fully saturated rings. The van der Waals surface area contributed by atoms with E-state index in [1.165, 1.54) is 19.3 Å². The number of nitrogens with two attached hydrogens (primary N) is 1. The number of methoxy groups -OCH3 is 1. The average molecular weight is 357 g/mol. The zero-order valence-corrected chi connectivity index (χ0v) is 15.4. The summed E-state index contributed by atoms with van der Waals surface area (Å²) in [5.74, 6) is 1.01. The van der Waals surface area contributed by atoms with Crippen LogP contribution in [0.25, 0.3) is 5.69 Å². The van der Waals surface area contributed by atoms with Gasteiger partial charge in [-0.25, -0.2) is 4.68 Å². The number of nitrogens with one attached hydrogen (secondary N) is 1. The molecule has 1 amide bonds. The predicted molar refractivity (Wildman–Crippen MR) is 99.5 cm³/mol. The minimum absolute atomic E-state index is 0.00617. The summed E-state index contributed by atoms with van der Waals surface area (Å²) in [4.78, 5) is 12.7. The van der Waals surface area contributed by atoms with Gasteiger partial charge in [0.05, 0.1) is 18.5 Å². The van der Waals surface area contributed by atoms with Crippen molar-refractivity contribution in [2.75, 3.05) is 13.7 Å². The fourth-order valence-corrected chi connectivity index (χ4v) is 3.65. The molecule has 0 radical (unpaired) electrons. The SMILES string of the molecule is COc1ccc(-n2nnc(C(=O)NC(CN)C3CCCCC3)c2C)cc1. The van der Waals surface area contributed by atoms with E-state index < -0.39 is 0 Å². The molecule has 0 saturated heterocycles. The lowest BCUT2D eigenvalue weighted by Gasteiger charge is -2.29. The Balaban J connectivity index is 1.74. The standard InChI is InChI=1S/C19H27N5O2/c1-13-18(19(25)21-17(12-20)14-6-4-3-5-7-14)22-23-24(13)15-8-10-16(26-2)11-9-15/h8-11,14,17H,3-7,12,20H2,1-2H3,(H,21,25). The highest BCUT2D eigenvalue weighted by atomic mass is 16.5. The number of amides is 1. The van der Waals surface area contributed by atoms with Gasteiger partial charge in [0.1, 0.15) is 5.75 Å². The number of rotatable bonds is 6. The van der Waals surface area contributed by atoms with Gasteiger partial charge >= 0.3 is 0 Å². The number of ether oxygens (including phenoxy) is 1. The van der Waals surface area contributed by atoms with Crippen molar-refractivity contribution in [1.82, 2.24) is 20.3 Å². The number of hydrogen-bond acceptors (Lipinski definition) is 5. The largest absolute Gasteiger partial charge is 0.497 e. The summed E-state index contributed by atoms with van der Waals surface area (Å²) in [6.45, 7) is 2.29. The molecule has 1 aliphatic rings. The smallest absolute Gasteiger partial charge is 0.274 e. The molecule has 2 aromatic rings. The van der Waals surface area contributed by atoms with E-state index in [-0.39, 0.29) is 11.9 Å². The Morgan fingerprint density at radius 2 is 2.00 bits per heavy atom. The van der Waals surface area contributed by atoms with Crippen molar-refractivity contribution in [3.8, 4) is 11.4 Å². The predicted octanol–water partition coefficient (Wildman–Crippen LogP) is 2.22. The summed E-state index contributed by atoms with van der Waals surface area (Å²) in [5, 5.41) is 11.3. The molecule has 26 heavy (non-hydrogen) atoms. The van der Waals surface area contributed by atoms with Gasteiger partial charge in [-0.3, -0.25) is 4.79 Å². The normalized spacial score (nSPS) is 16.3. The third-order valence-corrected chi connectivity index (χ3v) is 5.22. The molecule has 7 nitrogen and oxygen atoms in total. The molecule has 3 N–H and O–H groups in total. The van der Waals surface area contributed by atoms with Crippen LogP contribution in [0.3, 0.4) is 0 Å². The Hall–Kier alpha value is -2.41. The van der Waals surface area contributed by atoms with E-state index in [0.717, 1.165) is 24.3 Å². The summed E-state index contributed by atoms with van der Waals surface area (Å²) >= 11 is 0. The summed E-state index contributed by atoms with van der Waals surface area (Å²) in [5.41, 5.74) is 7.80. The second-order valence-corrected chi connectivity index (χ2v) is 6.85. The van der Waals surface area contributed by atoms with Gasteiger partial charge in [-0.15, -0.1) is 5.10 Å².